The Bertz CT molecular complexity index is 538. The summed E-state index contributed by atoms with van der Waals surface area (Å²) in [5.41, 5.74) is 9.66. The highest BCUT2D eigenvalue weighted by molar-refractivity contribution is 5.36. The van der Waals surface area contributed by atoms with Crippen molar-refractivity contribution in [1.82, 2.24) is 0 Å². The van der Waals surface area contributed by atoms with Gasteiger partial charge in [-0.05, 0) is 23.1 Å². The predicted octanol–water partition coefficient (Wildman–Crippen LogP) is 2.59. The molecule has 1 aliphatic rings. The molecule has 2 heteroatoms. The molecular formula is C16H17NO. The Balaban J connectivity index is 1.88. The van der Waals surface area contributed by atoms with Crippen LogP contribution in [0, 0.1) is 5.92 Å². The molecule has 18 heavy (non-hydrogen) atoms. The molecule has 3 rings (SSSR count). The Morgan fingerprint density at radius 2 is 1.67 bits per heavy atom. The molecule has 0 bridgehead atoms. The maximum absolute atomic E-state index is 10.4. The van der Waals surface area contributed by atoms with E-state index in [2.05, 4.69) is 6.07 Å². The Kier molecular flexibility index (Phi) is 2.90. The molecule has 3 N–H and O–H groups in total. The minimum Gasteiger partial charge on any atom is -0.388 e. The van der Waals surface area contributed by atoms with Crippen molar-refractivity contribution >= 4 is 0 Å². The van der Waals surface area contributed by atoms with Crippen LogP contribution < -0.4 is 5.73 Å². The second-order valence-electron chi connectivity index (χ2n) is 4.95. The van der Waals surface area contributed by atoms with E-state index in [9.17, 15) is 5.11 Å². The van der Waals surface area contributed by atoms with Gasteiger partial charge >= 0.3 is 0 Å². The summed E-state index contributed by atoms with van der Waals surface area (Å²) in [4.78, 5) is 0. The van der Waals surface area contributed by atoms with Crippen LogP contribution in [0.5, 0.6) is 0 Å². The topological polar surface area (TPSA) is 46.2 Å². The Morgan fingerprint density at radius 3 is 2.39 bits per heavy atom. The summed E-state index contributed by atoms with van der Waals surface area (Å²) in [5.74, 6) is 0.0739. The van der Waals surface area contributed by atoms with Crippen molar-refractivity contribution in [2.45, 2.75) is 18.6 Å². The molecule has 2 aromatic carbocycles. The molecule has 3 atom stereocenters. The zero-order valence-corrected chi connectivity index (χ0v) is 10.2. The van der Waals surface area contributed by atoms with Crippen LogP contribution in [0.4, 0.5) is 0 Å². The van der Waals surface area contributed by atoms with Gasteiger partial charge in [-0.2, -0.15) is 0 Å². The molecule has 92 valence electrons. The zero-order chi connectivity index (χ0) is 12.5. The summed E-state index contributed by atoms with van der Waals surface area (Å²) in [6, 6.07) is 18.0. The first-order valence-corrected chi connectivity index (χ1v) is 6.34. The van der Waals surface area contributed by atoms with Crippen LogP contribution in [0.25, 0.3) is 0 Å². The van der Waals surface area contributed by atoms with Gasteiger partial charge in [-0.1, -0.05) is 54.6 Å². The van der Waals surface area contributed by atoms with Gasteiger partial charge in [0.2, 0.25) is 0 Å². The van der Waals surface area contributed by atoms with E-state index in [-0.39, 0.29) is 12.0 Å². The number of hydrogen-bond acceptors (Lipinski definition) is 2. The molecule has 1 unspecified atom stereocenters. The second kappa shape index (κ2) is 4.56. The van der Waals surface area contributed by atoms with E-state index < -0.39 is 6.10 Å². The average molecular weight is 239 g/mol. The van der Waals surface area contributed by atoms with Gasteiger partial charge in [0.1, 0.15) is 0 Å². The van der Waals surface area contributed by atoms with E-state index in [4.69, 9.17) is 5.73 Å². The third-order valence-electron chi connectivity index (χ3n) is 3.88. The normalized spacial score (nSPS) is 23.7. The van der Waals surface area contributed by atoms with Crippen LogP contribution >= 0.6 is 0 Å². The molecule has 2 nitrogen and oxygen atoms in total. The van der Waals surface area contributed by atoms with Crippen LogP contribution in [-0.2, 0) is 6.42 Å². The second-order valence-corrected chi connectivity index (χ2v) is 4.95. The molecule has 0 aromatic heterocycles. The predicted molar refractivity (Wildman–Crippen MR) is 72.0 cm³/mol. The Morgan fingerprint density at radius 1 is 1.00 bits per heavy atom. The van der Waals surface area contributed by atoms with Crippen LogP contribution in [0.1, 0.15) is 28.8 Å². The van der Waals surface area contributed by atoms with Gasteiger partial charge in [-0.25, -0.2) is 0 Å². The molecular weight excluding hydrogens is 222 g/mol. The average Bonchev–Trinajstić information content (AvgIpc) is 2.77. The first kappa shape index (κ1) is 11.5. The lowest BCUT2D eigenvalue weighted by Gasteiger charge is -2.23. The summed E-state index contributed by atoms with van der Waals surface area (Å²) >= 11 is 0. The lowest BCUT2D eigenvalue weighted by atomic mass is 9.90. The monoisotopic (exact) mass is 239 g/mol. The first-order valence-electron chi connectivity index (χ1n) is 6.34. The highest BCUT2D eigenvalue weighted by Crippen LogP contribution is 2.41. The third kappa shape index (κ3) is 1.84. The maximum Gasteiger partial charge on any atom is 0.0842 e. The van der Waals surface area contributed by atoms with Crippen molar-refractivity contribution in [1.29, 1.82) is 0 Å². The fourth-order valence-corrected chi connectivity index (χ4v) is 2.85. The van der Waals surface area contributed by atoms with E-state index in [0.717, 1.165) is 17.5 Å². The summed E-state index contributed by atoms with van der Waals surface area (Å²) in [6.45, 7) is 0. The smallest absolute Gasteiger partial charge is 0.0842 e. The molecule has 0 amide bonds. The summed E-state index contributed by atoms with van der Waals surface area (Å²) in [6.07, 6.45) is 0.407. The molecule has 0 saturated heterocycles. The highest BCUT2D eigenvalue weighted by atomic mass is 16.3. The van der Waals surface area contributed by atoms with Crippen LogP contribution in [0.2, 0.25) is 0 Å². The number of hydrogen-bond donors (Lipinski definition) is 2. The summed E-state index contributed by atoms with van der Waals surface area (Å²) < 4.78 is 0. The van der Waals surface area contributed by atoms with Crippen LogP contribution in [0.3, 0.4) is 0 Å². The number of aliphatic hydroxyl groups is 1. The van der Waals surface area contributed by atoms with Gasteiger partial charge in [0.15, 0.2) is 0 Å². The van der Waals surface area contributed by atoms with E-state index >= 15 is 0 Å². The first-order chi connectivity index (χ1) is 8.77. The lowest BCUT2D eigenvalue weighted by Crippen LogP contribution is -2.24. The molecule has 2 aromatic rings. The highest BCUT2D eigenvalue weighted by Gasteiger charge is 2.35. The van der Waals surface area contributed by atoms with Crippen molar-refractivity contribution in [3.05, 3.63) is 71.3 Å². The van der Waals surface area contributed by atoms with E-state index in [1.54, 1.807) is 0 Å². The lowest BCUT2D eigenvalue weighted by molar-refractivity contribution is 0.108. The standard InChI is InChI=1S/C16H17NO/c17-15(11-6-2-1-3-7-11)14-10-12-8-4-5-9-13(12)16(14)18/h1-9,14-16,18H,10,17H2/t14-,15?,16-/m0/s1. The number of fused-ring (bicyclic) bond motifs is 1. The number of rotatable bonds is 2. The quantitative estimate of drug-likeness (QED) is 0.846. The van der Waals surface area contributed by atoms with Gasteiger partial charge in [-0.15, -0.1) is 0 Å². The van der Waals surface area contributed by atoms with Gasteiger partial charge in [0.25, 0.3) is 0 Å². The van der Waals surface area contributed by atoms with Crippen molar-refractivity contribution in [3.63, 3.8) is 0 Å². The summed E-state index contributed by atoms with van der Waals surface area (Å²) in [5, 5.41) is 10.4. The van der Waals surface area contributed by atoms with Gasteiger partial charge in [-0.3, -0.25) is 0 Å². The Labute approximate surface area is 107 Å². The zero-order valence-electron chi connectivity index (χ0n) is 10.2. The largest absolute Gasteiger partial charge is 0.388 e. The minimum absolute atomic E-state index is 0.0739. The number of benzene rings is 2. The fraction of sp³-hybridized carbons (Fsp3) is 0.250. The molecule has 0 saturated carbocycles. The fourth-order valence-electron chi connectivity index (χ4n) is 2.85. The van der Waals surface area contributed by atoms with Crippen LogP contribution in [-0.4, -0.2) is 5.11 Å². The van der Waals surface area contributed by atoms with Gasteiger partial charge in [0, 0.05) is 12.0 Å². The Hall–Kier alpha value is -1.64. The third-order valence-corrected chi connectivity index (χ3v) is 3.88. The van der Waals surface area contributed by atoms with Crippen molar-refractivity contribution in [2.75, 3.05) is 0 Å². The van der Waals surface area contributed by atoms with Crippen molar-refractivity contribution in [3.8, 4) is 0 Å². The number of aliphatic hydroxyl groups excluding tert-OH is 1. The van der Waals surface area contributed by atoms with Crippen LogP contribution in [0.15, 0.2) is 54.6 Å². The molecule has 0 radical (unpaired) electrons. The molecule has 0 heterocycles. The molecule has 0 fully saturated rings. The van der Waals surface area contributed by atoms with Crippen molar-refractivity contribution < 1.29 is 5.11 Å². The summed E-state index contributed by atoms with van der Waals surface area (Å²) in [7, 11) is 0. The minimum atomic E-state index is -0.448. The SMILES string of the molecule is NC(c1ccccc1)[C@@H]1Cc2ccccc2[C@@H]1O. The van der Waals surface area contributed by atoms with E-state index in [1.807, 2.05) is 48.5 Å². The van der Waals surface area contributed by atoms with E-state index in [1.165, 1.54) is 5.56 Å². The molecule has 0 spiro atoms. The number of nitrogens with two attached hydrogens (primary N) is 1. The molecule has 0 aliphatic heterocycles. The van der Waals surface area contributed by atoms with Gasteiger partial charge < -0.3 is 10.8 Å². The van der Waals surface area contributed by atoms with Gasteiger partial charge in [0.05, 0.1) is 6.10 Å². The molecule has 1 aliphatic carbocycles. The maximum atomic E-state index is 10.4. The van der Waals surface area contributed by atoms with E-state index in [0.29, 0.717) is 0 Å². The van der Waals surface area contributed by atoms with Crippen molar-refractivity contribution in [2.24, 2.45) is 11.7 Å².